The van der Waals surface area contributed by atoms with Gasteiger partial charge >= 0.3 is 0 Å². The molecule has 5 nitrogen and oxygen atoms in total. The lowest BCUT2D eigenvalue weighted by Gasteiger charge is -2.08. The number of hydrogen-bond acceptors (Lipinski definition) is 3. The maximum absolute atomic E-state index is 11.8. The number of benzene rings is 1. The van der Waals surface area contributed by atoms with Crippen molar-refractivity contribution < 1.29 is 4.79 Å². The Bertz CT molecular complexity index is 681. The Hall–Kier alpha value is -1.92. The van der Waals surface area contributed by atoms with E-state index < -0.39 is 0 Å². The molecule has 104 valence electrons. The summed E-state index contributed by atoms with van der Waals surface area (Å²) in [6, 6.07) is 6.83. The SMILES string of the molecule is CN(C)C(=O)c1ccn(-c2ccc(C(N)=S)cc2Cl)n1. The second kappa shape index (κ2) is 5.60. The zero-order valence-electron chi connectivity index (χ0n) is 11.0. The van der Waals surface area contributed by atoms with Crippen LogP contribution in [0.4, 0.5) is 0 Å². The fourth-order valence-electron chi connectivity index (χ4n) is 1.65. The molecule has 1 amide bonds. The van der Waals surface area contributed by atoms with Gasteiger partial charge in [0.15, 0.2) is 5.69 Å². The monoisotopic (exact) mass is 308 g/mol. The number of aromatic nitrogens is 2. The molecule has 2 rings (SSSR count). The van der Waals surface area contributed by atoms with Crippen LogP contribution in [0.1, 0.15) is 16.1 Å². The van der Waals surface area contributed by atoms with Crippen molar-refractivity contribution in [3.05, 3.63) is 46.7 Å². The minimum absolute atomic E-state index is 0.167. The van der Waals surface area contributed by atoms with Gasteiger partial charge in [-0.1, -0.05) is 23.8 Å². The molecule has 0 unspecified atom stereocenters. The lowest BCUT2D eigenvalue weighted by atomic mass is 10.2. The highest BCUT2D eigenvalue weighted by Gasteiger charge is 2.13. The molecule has 0 fully saturated rings. The maximum Gasteiger partial charge on any atom is 0.273 e. The van der Waals surface area contributed by atoms with Crippen molar-refractivity contribution in [3.63, 3.8) is 0 Å². The van der Waals surface area contributed by atoms with Gasteiger partial charge in [0.1, 0.15) is 4.99 Å². The molecular formula is C13H13ClN4OS. The summed E-state index contributed by atoms with van der Waals surface area (Å²) < 4.78 is 1.54. The summed E-state index contributed by atoms with van der Waals surface area (Å²) in [7, 11) is 3.34. The Morgan fingerprint density at radius 2 is 2.10 bits per heavy atom. The molecule has 20 heavy (non-hydrogen) atoms. The van der Waals surface area contributed by atoms with Crippen molar-refractivity contribution in [2.24, 2.45) is 5.73 Å². The summed E-state index contributed by atoms with van der Waals surface area (Å²) in [6.45, 7) is 0. The molecule has 0 radical (unpaired) electrons. The van der Waals surface area contributed by atoms with E-state index in [1.165, 1.54) is 4.90 Å². The predicted molar refractivity (Wildman–Crippen MR) is 82.5 cm³/mol. The van der Waals surface area contributed by atoms with Crippen molar-refractivity contribution in [1.82, 2.24) is 14.7 Å². The Balaban J connectivity index is 2.38. The van der Waals surface area contributed by atoms with Crippen LogP contribution in [0.2, 0.25) is 5.02 Å². The number of nitrogens with two attached hydrogens (primary N) is 1. The topological polar surface area (TPSA) is 64.2 Å². The van der Waals surface area contributed by atoms with Gasteiger partial charge in [0.2, 0.25) is 0 Å². The van der Waals surface area contributed by atoms with Crippen LogP contribution in [0.15, 0.2) is 30.5 Å². The first kappa shape index (κ1) is 14.5. The van der Waals surface area contributed by atoms with Crippen molar-refractivity contribution in [2.45, 2.75) is 0 Å². The normalized spacial score (nSPS) is 10.3. The molecule has 0 bridgehead atoms. The quantitative estimate of drug-likeness (QED) is 0.879. The van der Waals surface area contributed by atoms with Crippen LogP contribution in [-0.4, -0.2) is 39.7 Å². The van der Waals surface area contributed by atoms with Gasteiger partial charge in [0.25, 0.3) is 5.91 Å². The number of carbonyl (C=O) groups excluding carboxylic acids is 1. The fourth-order valence-corrected chi connectivity index (χ4v) is 2.04. The van der Waals surface area contributed by atoms with Gasteiger partial charge in [-0.15, -0.1) is 0 Å². The molecule has 2 aromatic rings. The molecule has 1 aromatic heterocycles. The first-order valence-electron chi connectivity index (χ1n) is 5.77. The highest BCUT2D eigenvalue weighted by Crippen LogP contribution is 2.21. The summed E-state index contributed by atoms with van der Waals surface area (Å²) in [4.78, 5) is 13.5. The van der Waals surface area contributed by atoms with E-state index in [0.717, 1.165) is 0 Å². The number of thiocarbonyl (C=S) groups is 1. The van der Waals surface area contributed by atoms with E-state index in [0.29, 0.717) is 22.0 Å². The van der Waals surface area contributed by atoms with Crippen molar-refractivity contribution >= 4 is 34.7 Å². The average molecular weight is 309 g/mol. The molecule has 0 saturated carbocycles. The zero-order chi connectivity index (χ0) is 14.9. The van der Waals surface area contributed by atoms with E-state index in [1.54, 1.807) is 49.2 Å². The Morgan fingerprint density at radius 3 is 2.65 bits per heavy atom. The summed E-state index contributed by atoms with van der Waals surface area (Å²) >= 11 is 11.1. The van der Waals surface area contributed by atoms with Crippen LogP contribution >= 0.6 is 23.8 Å². The molecule has 0 aliphatic rings. The summed E-state index contributed by atoms with van der Waals surface area (Å²) in [5.74, 6) is -0.167. The fraction of sp³-hybridized carbons (Fsp3) is 0.154. The van der Waals surface area contributed by atoms with E-state index in [-0.39, 0.29) is 10.9 Å². The van der Waals surface area contributed by atoms with Gasteiger partial charge in [-0.3, -0.25) is 4.79 Å². The molecule has 1 heterocycles. The first-order valence-corrected chi connectivity index (χ1v) is 6.56. The van der Waals surface area contributed by atoms with E-state index in [1.807, 2.05) is 0 Å². The Labute approximate surface area is 126 Å². The smallest absolute Gasteiger partial charge is 0.273 e. The van der Waals surface area contributed by atoms with Gasteiger partial charge < -0.3 is 10.6 Å². The van der Waals surface area contributed by atoms with Crippen LogP contribution in [-0.2, 0) is 0 Å². The predicted octanol–water partition coefficient (Wildman–Crippen LogP) is 1.86. The van der Waals surface area contributed by atoms with E-state index in [4.69, 9.17) is 29.6 Å². The minimum Gasteiger partial charge on any atom is -0.389 e. The summed E-state index contributed by atoms with van der Waals surface area (Å²) in [5, 5.41) is 4.67. The van der Waals surface area contributed by atoms with Crippen molar-refractivity contribution in [1.29, 1.82) is 0 Å². The Kier molecular flexibility index (Phi) is 4.06. The standard InChI is InChI=1S/C13H13ClN4OS/c1-17(2)13(19)10-5-6-18(16-10)11-4-3-8(12(15)20)7-9(11)14/h3-7H,1-2H3,(H2,15,20). The van der Waals surface area contributed by atoms with Crippen LogP contribution in [0, 0.1) is 0 Å². The summed E-state index contributed by atoms with van der Waals surface area (Å²) in [6.07, 6.45) is 1.68. The van der Waals surface area contributed by atoms with Crippen LogP contribution < -0.4 is 5.73 Å². The van der Waals surface area contributed by atoms with Gasteiger partial charge in [-0.05, 0) is 24.3 Å². The number of amides is 1. The van der Waals surface area contributed by atoms with Gasteiger partial charge in [-0.25, -0.2) is 4.68 Å². The lowest BCUT2D eigenvalue weighted by molar-refractivity contribution is 0.0821. The van der Waals surface area contributed by atoms with Crippen LogP contribution in [0.25, 0.3) is 5.69 Å². The second-order valence-electron chi connectivity index (χ2n) is 4.38. The highest BCUT2D eigenvalue weighted by molar-refractivity contribution is 7.80. The molecule has 0 aliphatic heterocycles. The number of rotatable bonds is 3. The second-order valence-corrected chi connectivity index (χ2v) is 5.22. The zero-order valence-corrected chi connectivity index (χ0v) is 12.6. The van der Waals surface area contributed by atoms with Crippen LogP contribution in [0.3, 0.4) is 0 Å². The summed E-state index contributed by atoms with van der Waals surface area (Å²) in [5.41, 5.74) is 7.24. The molecule has 2 N–H and O–H groups in total. The third-order valence-corrected chi connectivity index (χ3v) is 3.23. The van der Waals surface area contributed by atoms with Gasteiger partial charge in [-0.2, -0.15) is 5.10 Å². The third kappa shape index (κ3) is 2.81. The first-order chi connectivity index (χ1) is 9.40. The van der Waals surface area contributed by atoms with E-state index in [9.17, 15) is 4.79 Å². The van der Waals surface area contributed by atoms with Gasteiger partial charge in [0.05, 0.1) is 10.7 Å². The molecule has 0 spiro atoms. The minimum atomic E-state index is -0.167. The number of nitrogens with zero attached hydrogens (tertiary/aromatic N) is 3. The maximum atomic E-state index is 11.8. The van der Waals surface area contributed by atoms with Crippen molar-refractivity contribution in [3.8, 4) is 5.69 Å². The highest BCUT2D eigenvalue weighted by atomic mass is 35.5. The largest absolute Gasteiger partial charge is 0.389 e. The third-order valence-electron chi connectivity index (χ3n) is 2.69. The average Bonchev–Trinajstić information content (AvgIpc) is 2.86. The van der Waals surface area contributed by atoms with Crippen LogP contribution in [0.5, 0.6) is 0 Å². The number of hydrogen-bond donors (Lipinski definition) is 1. The molecular weight excluding hydrogens is 296 g/mol. The molecule has 1 aromatic carbocycles. The molecule has 0 saturated heterocycles. The lowest BCUT2D eigenvalue weighted by Crippen LogP contribution is -2.22. The molecule has 7 heteroatoms. The van der Waals surface area contributed by atoms with E-state index >= 15 is 0 Å². The molecule has 0 aliphatic carbocycles. The molecule has 0 atom stereocenters. The number of carbonyl (C=O) groups is 1. The van der Waals surface area contributed by atoms with Crippen molar-refractivity contribution in [2.75, 3.05) is 14.1 Å². The number of halogens is 1. The van der Waals surface area contributed by atoms with Gasteiger partial charge in [0, 0.05) is 25.9 Å². The van der Waals surface area contributed by atoms with E-state index in [2.05, 4.69) is 5.10 Å². The Morgan fingerprint density at radius 1 is 1.40 bits per heavy atom.